The summed E-state index contributed by atoms with van der Waals surface area (Å²) in [6, 6.07) is -0.553. The van der Waals surface area contributed by atoms with Crippen molar-refractivity contribution in [3.63, 3.8) is 0 Å². The Morgan fingerprint density at radius 1 is 0.429 bits per heavy atom. The average Bonchev–Trinajstić information content (AvgIpc) is 3.28. The molecule has 2 unspecified atom stereocenters. The summed E-state index contributed by atoms with van der Waals surface area (Å²) in [5.41, 5.74) is 0. The molecule has 1 amide bonds. The van der Waals surface area contributed by atoms with Gasteiger partial charge in [-0.25, -0.2) is 0 Å². The lowest BCUT2D eigenvalue weighted by molar-refractivity contribution is -0.143. The second kappa shape index (κ2) is 53.0. The third kappa shape index (κ3) is 49.6. The predicted octanol–water partition coefficient (Wildman–Crippen LogP) is 17.1. The monoisotopic (exact) mass is 888 g/mol. The fourth-order valence-corrected chi connectivity index (χ4v) is 8.63. The molecule has 372 valence electrons. The van der Waals surface area contributed by atoms with E-state index >= 15 is 0 Å². The highest BCUT2D eigenvalue weighted by Crippen LogP contribution is 2.17. The molecule has 0 heterocycles. The molecule has 0 aliphatic carbocycles. The number of nitrogens with one attached hydrogen (secondary N) is 1. The van der Waals surface area contributed by atoms with Crippen molar-refractivity contribution in [3.8, 4) is 0 Å². The molecule has 6 heteroatoms. The number of aliphatic hydroxyl groups excluding tert-OH is 2. The second-order valence-corrected chi connectivity index (χ2v) is 19.3. The fourth-order valence-electron chi connectivity index (χ4n) is 8.63. The van der Waals surface area contributed by atoms with Gasteiger partial charge in [0.2, 0.25) is 5.91 Å². The summed E-state index contributed by atoms with van der Waals surface area (Å²) in [7, 11) is 0. The number of allylic oxidation sites excluding steroid dienone is 4. The van der Waals surface area contributed by atoms with E-state index in [4.69, 9.17) is 4.74 Å². The lowest BCUT2D eigenvalue weighted by atomic mass is 10.0. The Hall–Kier alpha value is -1.66. The Morgan fingerprint density at radius 2 is 0.746 bits per heavy atom. The lowest BCUT2D eigenvalue weighted by Crippen LogP contribution is -2.45. The number of carbonyl (C=O) groups excluding carboxylic acids is 2. The summed E-state index contributed by atoms with van der Waals surface area (Å²) in [5, 5.41) is 23.3. The largest absolute Gasteiger partial charge is 0.466 e. The van der Waals surface area contributed by atoms with Crippen LogP contribution in [0.15, 0.2) is 24.3 Å². The van der Waals surface area contributed by atoms with E-state index in [0.717, 1.165) is 70.6 Å². The van der Waals surface area contributed by atoms with Crippen molar-refractivity contribution < 1.29 is 24.5 Å². The van der Waals surface area contributed by atoms with Gasteiger partial charge >= 0.3 is 5.97 Å². The van der Waals surface area contributed by atoms with E-state index in [0.29, 0.717) is 25.9 Å². The first-order chi connectivity index (χ1) is 31.0. The van der Waals surface area contributed by atoms with Crippen LogP contribution in [-0.2, 0) is 14.3 Å². The molecule has 0 bridgehead atoms. The smallest absolute Gasteiger partial charge is 0.305 e. The Balaban J connectivity index is 3.48. The molecule has 0 rings (SSSR count). The van der Waals surface area contributed by atoms with Crippen molar-refractivity contribution in [2.45, 2.75) is 315 Å². The molecule has 0 radical (unpaired) electrons. The van der Waals surface area contributed by atoms with Crippen LogP contribution < -0.4 is 5.32 Å². The normalized spacial score (nSPS) is 12.8. The maximum atomic E-state index is 12.5. The number of hydrogen-bond acceptors (Lipinski definition) is 5. The standard InChI is InChI=1S/C57H109NO5/c1-3-5-7-9-11-13-15-17-19-22-25-29-33-37-41-45-49-55(60)54(53-59)58-56(61)50-46-42-38-34-30-26-23-20-24-28-32-36-40-44-48-52-63-57(62)51-47-43-39-35-31-27-21-18-16-14-12-10-8-6-4-2/h18,21,24,28,54-55,59-60H,3-17,19-20,22-23,25-27,29-53H2,1-2H3,(H,58,61)/b21-18-,28-24-. The number of unbranched alkanes of at least 4 members (excludes halogenated alkanes) is 37. The number of aliphatic hydroxyl groups is 2. The van der Waals surface area contributed by atoms with Gasteiger partial charge in [-0.2, -0.15) is 0 Å². The molecule has 0 aliphatic rings. The van der Waals surface area contributed by atoms with E-state index < -0.39 is 12.1 Å². The van der Waals surface area contributed by atoms with Crippen LogP contribution in [0.1, 0.15) is 303 Å². The average molecular weight is 889 g/mol. The van der Waals surface area contributed by atoms with Gasteiger partial charge < -0.3 is 20.3 Å². The van der Waals surface area contributed by atoms with Gasteiger partial charge in [-0.3, -0.25) is 9.59 Å². The van der Waals surface area contributed by atoms with E-state index in [1.54, 1.807) is 0 Å². The van der Waals surface area contributed by atoms with Gasteiger partial charge in [0, 0.05) is 12.8 Å². The zero-order valence-corrected chi connectivity index (χ0v) is 42.3. The van der Waals surface area contributed by atoms with Crippen molar-refractivity contribution >= 4 is 11.9 Å². The maximum Gasteiger partial charge on any atom is 0.305 e. The molecule has 0 aliphatic heterocycles. The Labute approximate surface area is 392 Å². The summed E-state index contributed by atoms with van der Waals surface area (Å²) in [4.78, 5) is 24.5. The molecular weight excluding hydrogens is 779 g/mol. The zero-order valence-electron chi connectivity index (χ0n) is 42.3. The Morgan fingerprint density at radius 3 is 1.13 bits per heavy atom. The zero-order chi connectivity index (χ0) is 45.8. The molecule has 2 atom stereocenters. The van der Waals surface area contributed by atoms with Gasteiger partial charge in [0.05, 0.1) is 25.4 Å². The van der Waals surface area contributed by atoms with Gasteiger partial charge in [-0.15, -0.1) is 0 Å². The minimum absolute atomic E-state index is 0.0177. The number of rotatable bonds is 52. The third-order valence-corrected chi connectivity index (χ3v) is 13.0. The highest BCUT2D eigenvalue weighted by Gasteiger charge is 2.20. The van der Waals surface area contributed by atoms with Crippen LogP contribution >= 0.6 is 0 Å². The minimum atomic E-state index is -0.674. The van der Waals surface area contributed by atoms with Gasteiger partial charge in [0.1, 0.15) is 0 Å². The van der Waals surface area contributed by atoms with Gasteiger partial charge in [0.15, 0.2) is 0 Å². The third-order valence-electron chi connectivity index (χ3n) is 13.0. The molecule has 0 aromatic carbocycles. The van der Waals surface area contributed by atoms with Gasteiger partial charge in [-0.05, 0) is 77.0 Å². The predicted molar refractivity (Wildman–Crippen MR) is 273 cm³/mol. The molecule has 0 saturated heterocycles. The fraction of sp³-hybridized carbons (Fsp3) is 0.895. The highest BCUT2D eigenvalue weighted by atomic mass is 16.5. The van der Waals surface area contributed by atoms with Gasteiger partial charge in [-0.1, -0.05) is 237 Å². The Kier molecular flexibility index (Phi) is 51.6. The van der Waals surface area contributed by atoms with Crippen LogP contribution in [0.4, 0.5) is 0 Å². The summed E-state index contributed by atoms with van der Waals surface area (Å²) in [6.45, 7) is 4.92. The first kappa shape index (κ1) is 61.3. The second-order valence-electron chi connectivity index (χ2n) is 19.3. The summed E-state index contributed by atoms with van der Waals surface area (Å²) < 4.78 is 5.46. The first-order valence-corrected chi connectivity index (χ1v) is 28.1. The van der Waals surface area contributed by atoms with Crippen molar-refractivity contribution in [2.75, 3.05) is 13.2 Å². The van der Waals surface area contributed by atoms with Crippen LogP contribution in [0.3, 0.4) is 0 Å². The molecule has 0 spiro atoms. The van der Waals surface area contributed by atoms with Crippen molar-refractivity contribution in [2.24, 2.45) is 0 Å². The summed E-state index contributed by atoms with van der Waals surface area (Å²) in [6.07, 6.45) is 63.0. The van der Waals surface area contributed by atoms with E-state index in [-0.39, 0.29) is 18.5 Å². The van der Waals surface area contributed by atoms with Crippen LogP contribution in [0.2, 0.25) is 0 Å². The maximum absolute atomic E-state index is 12.5. The number of carbonyl (C=O) groups is 2. The number of esters is 1. The molecule has 6 nitrogen and oxygen atoms in total. The molecule has 0 aromatic heterocycles. The van der Waals surface area contributed by atoms with E-state index in [1.165, 1.54) is 199 Å². The van der Waals surface area contributed by atoms with Crippen LogP contribution in [0, 0.1) is 0 Å². The van der Waals surface area contributed by atoms with E-state index in [2.05, 4.69) is 43.5 Å². The van der Waals surface area contributed by atoms with Crippen molar-refractivity contribution in [1.82, 2.24) is 5.32 Å². The number of hydrogen-bond donors (Lipinski definition) is 3. The molecular formula is C57H109NO5. The van der Waals surface area contributed by atoms with Crippen LogP contribution in [0.5, 0.6) is 0 Å². The van der Waals surface area contributed by atoms with Crippen molar-refractivity contribution in [1.29, 1.82) is 0 Å². The highest BCUT2D eigenvalue weighted by molar-refractivity contribution is 5.76. The molecule has 0 fully saturated rings. The van der Waals surface area contributed by atoms with Crippen LogP contribution in [0.25, 0.3) is 0 Å². The number of amides is 1. The number of ether oxygens (including phenoxy) is 1. The molecule has 0 saturated carbocycles. The lowest BCUT2D eigenvalue weighted by Gasteiger charge is -2.22. The quantitative estimate of drug-likeness (QED) is 0.0321. The Bertz CT molecular complexity index is 982. The van der Waals surface area contributed by atoms with E-state index in [1.807, 2.05) is 0 Å². The molecule has 3 N–H and O–H groups in total. The van der Waals surface area contributed by atoms with Crippen LogP contribution in [-0.4, -0.2) is 47.4 Å². The SMILES string of the molecule is CCCCCCCC/C=C\CCCCCCCC(=O)OCCCCCC/C=C\CCCCCCCCCC(=O)NC(CO)C(O)CCCCCCCCCCCCCCCCCC. The minimum Gasteiger partial charge on any atom is -0.466 e. The van der Waals surface area contributed by atoms with E-state index in [9.17, 15) is 19.8 Å². The summed E-state index contributed by atoms with van der Waals surface area (Å²) >= 11 is 0. The van der Waals surface area contributed by atoms with Gasteiger partial charge in [0.25, 0.3) is 0 Å². The molecule has 63 heavy (non-hydrogen) atoms. The summed E-state index contributed by atoms with van der Waals surface area (Å²) in [5.74, 6) is -0.0669. The first-order valence-electron chi connectivity index (χ1n) is 28.1. The topological polar surface area (TPSA) is 95.9 Å². The van der Waals surface area contributed by atoms with Crippen molar-refractivity contribution in [3.05, 3.63) is 24.3 Å². The molecule has 0 aromatic rings.